The molecule has 3 rings (SSSR count). The monoisotopic (exact) mass is 375 g/mol. The van der Waals surface area contributed by atoms with E-state index < -0.39 is 14.9 Å². The molecule has 0 saturated heterocycles. The number of aryl methyl sites for hydroxylation is 1. The van der Waals surface area contributed by atoms with E-state index in [-0.39, 0.29) is 16.5 Å². The fourth-order valence-electron chi connectivity index (χ4n) is 2.97. The number of fused-ring (bicyclic) bond motifs is 1. The van der Waals surface area contributed by atoms with E-state index in [1.807, 2.05) is 0 Å². The molecule has 0 radical (unpaired) electrons. The zero-order valence-corrected chi connectivity index (χ0v) is 14.8. The van der Waals surface area contributed by atoms with Crippen LogP contribution < -0.4 is 9.62 Å². The van der Waals surface area contributed by atoms with Gasteiger partial charge in [0.15, 0.2) is 0 Å². The normalized spacial score (nSPS) is 13.8. The number of hydrogen-bond donors (Lipinski definition) is 1. The quantitative estimate of drug-likeness (QED) is 0.653. The third-order valence-electron chi connectivity index (χ3n) is 4.17. The molecule has 2 aromatic carbocycles. The van der Waals surface area contributed by atoms with Crippen LogP contribution in [-0.2, 0) is 21.2 Å². The molecule has 0 bridgehead atoms. The van der Waals surface area contributed by atoms with Gasteiger partial charge in [-0.15, -0.1) is 0 Å². The van der Waals surface area contributed by atoms with Gasteiger partial charge in [-0.05, 0) is 42.7 Å². The number of rotatable bonds is 4. The maximum absolute atomic E-state index is 12.5. The van der Waals surface area contributed by atoms with Gasteiger partial charge in [0.1, 0.15) is 0 Å². The first-order chi connectivity index (χ1) is 12.3. The summed E-state index contributed by atoms with van der Waals surface area (Å²) >= 11 is 0. The number of nitrogens with zero attached hydrogens (tertiary/aromatic N) is 2. The number of nitrogens with one attached hydrogen (secondary N) is 1. The number of anilines is 2. The van der Waals surface area contributed by atoms with Crippen LogP contribution in [0.25, 0.3) is 0 Å². The van der Waals surface area contributed by atoms with E-state index in [1.165, 1.54) is 25.1 Å². The number of carbonyl (C=O) groups is 1. The average molecular weight is 375 g/mol. The molecule has 1 amide bonds. The summed E-state index contributed by atoms with van der Waals surface area (Å²) in [7, 11) is -3.96. The second kappa shape index (κ2) is 6.75. The van der Waals surface area contributed by atoms with Gasteiger partial charge in [0.05, 0.1) is 9.82 Å². The van der Waals surface area contributed by atoms with Crippen molar-refractivity contribution in [3.63, 3.8) is 0 Å². The molecular weight excluding hydrogens is 358 g/mol. The first-order valence-corrected chi connectivity index (χ1v) is 9.44. The van der Waals surface area contributed by atoms with Gasteiger partial charge in [0, 0.05) is 37.0 Å². The van der Waals surface area contributed by atoms with Crippen LogP contribution in [0.4, 0.5) is 17.1 Å². The average Bonchev–Trinajstić information content (AvgIpc) is 2.60. The zero-order valence-electron chi connectivity index (χ0n) is 14.0. The predicted molar refractivity (Wildman–Crippen MR) is 96.7 cm³/mol. The highest BCUT2D eigenvalue weighted by Gasteiger charge is 2.22. The van der Waals surface area contributed by atoms with Gasteiger partial charge in [-0.3, -0.25) is 19.6 Å². The summed E-state index contributed by atoms with van der Waals surface area (Å²) in [6.07, 6.45) is 1.54. The van der Waals surface area contributed by atoms with Crippen molar-refractivity contribution in [3.8, 4) is 0 Å². The van der Waals surface area contributed by atoms with Crippen LogP contribution in [0.15, 0.2) is 47.4 Å². The van der Waals surface area contributed by atoms with E-state index in [0.29, 0.717) is 12.2 Å². The molecule has 0 aliphatic carbocycles. The summed E-state index contributed by atoms with van der Waals surface area (Å²) in [6, 6.07) is 9.84. The molecule has 136 valence electrons. The second-order valence-corrected chi connectivity index (χ2v) is 7.66. The van der Waals surface area contributed by atoms with Crippen molar-refractivity contribution in [1.82, 2.24) is 0 Å². The molecule has 0 unspecified atom stereocenters. The van der Waals surface area contributed by atoms with E-state index in [0.717, 1.165) is 30.2 Å². The Morgan fingerprint density at radius 1 is 1.23 bits per heavy atom. The molecule has 1 heterocycles. The molecule has 9 heteroatoms. The van der Waals surface area contributed by atoms with Crippen LogP contribution in [0.2, 0.25) is 0 Å². The van der Waals surface area contributed by atoms with Gasteiger partial charge in [-0.1, -0.05) is 6.07 Å². The predicted octanol–water partition coefficient (Wildman–Crippen LogP) is 2.69. The summed E-state index contributed by atoms with van der Waals surface area (Å²) in [5, 5.41) is 10.8. The number of hydrogen-bond acceptors (Lipinski definition) is 5. The number of sulfonamides is 1. The Balaban J connectivity index is 1.90. The van der Waals surface area contributed by atoms with Gasteiger partial charge in [-0.25, -0.2) is 8.42 Å². The second-order valence-electron chi connectivity index (χ2n) is 5.98. The maximum Gasteiger partial charge on any atom is 0.270 e. The van der Waals surface area contributed by atoms with Crippen LogP contribution in [0, 0.1) is 10.1 Å². The lowest BCUT2D eigenvalue weighted by Gasteiger charge is -2.29. The molecule has 0 aromatic heterocycles. The first-order valence-electron chi connectivity index (χ1n) is 7.96. The third-order valence-corrected chi connectivity index (χ3v) is 5.55. The van der Waals surface area contributed by atoms with Crippen molar-refractivity contribution in [2.75, 3.05) is 16.2 Å². The zero-order chi connectivity index (χ0) is 18.9. The molecule has 0 saturated carbocycles. The number of nitro benzene ring substituents is 1. The van der Waals surface area contributed by atoms with E-state index >= 15 is 0 Å². The smallest absolute Gasteiger partial charge is 0.270 e. The highest BCUT2D eigenvalue weighted by Crippen LogP contribution is 2.30. The van der Waals surface area contributed by atoms with Crippen molar-refractivity contribution in [3.05, 3.63) is 58.1 Å². The van der Waals surface area contributed by atoms with Crippen molar-refractivity contribution in [1.29, 1.82) is 0 Å². The highest BCUT2D eigenvalue weighted by atomic mass is 32.2. The minimum atomic E-state index is -3.96. The van der Waals surface area contributed by atoms with Crippen molar-refractivity contribution in [2.24, 2.45) is 0 Å². The molecule has 0 spiro atoms. The molecule has 0 fully saturated rings. The lowest BCUT2D eigenvalue weighted by atomic mass is 10.0. The molecule has 1 N–H and O–H groups in total. The Hall–Kier alpha value is -2.94. The van der Waals surface area contributed by atoms with Crippen LogP contribution in [0.3, 0.4) is 0 Å². The van der Waals surface area contributed by atoms with Crippen LogP contribution in [-0.4, -0.2) is 25.8 Å². The minimum Gasteiger partial charge on any atom is -0.312 e. The molecule has 26 heavy (non-hydrogen) atoms. The SMILES string of the molecule is CC(=O)N1CCCc2cc(NS(=O)(=O)c3cccc([N+](=O)[O-])c3)ccc21. The lowest BCUT2D eigenvalue weighted by Crippen LogP contribution is -2.33. The highest BCUT2D eigenvalue weighted by molar-refractivity contribution is 7.92. The Bertz CT molecular complexity index is 988. The molecule has 1 aliphatic rings. The van der Waals surface area contributed by atoms with E-state index in [1.54, 1.807) is 23.1 Å². The third kappa shape index (κ3) is 3.52. The summed E-state index contributed by atoms with van der Waals surface area (Å²) in [4.78, 5) is 23.4. The van der Waals surface area contributed by atoms with Crippen molar-refractivity contribution < 1.29 is 18.1 Å². The van der Waals surface area contributed by atoms with Gasteiger partial charge in [-0.2, -0.15) is 0 Å². The Kier molecular flexibility index (Phi) is 4.64. The fraction of sp³-hybridized carbons (Fsp3) is 0.235. The molecule has 1 aliphatic heterocycles. The van der Waals surface area contributed by atoms with Crippen molar-refractivity contribution >= 4 is 33.0 Å². The molecule has 0 atom stereocenters. The number of non-ortho nitro benzene ring substituents is 1. The van der Waals surface area contributed by atoms with E-state index in [4.69, 9.17) is 0 Å². The Morgan fingerprint density at radius 3 is 2.69 bits per heavy atom. The number of amides is 1. The standard InChI is InChI=1S/C17H17N3O5S/c1-12(21)19-9-3-4-13-10-14(7-8-17(13)19)18-26(24,25)16-6-2-5-15(11-16)20(22)23/h2,5-8,10-11,18H,3-4,9H2,1H3. The molecular formula is C17H17N3O5S. The van der Waals surface area contributed by atoms with E-state index in [2.05, 4.69) is 4.72 Å². The number of carbonyl (C=O) groups excluding carboxylic acids is 1. The van der Waals surface area contributed by atoms with Gasteiger partial charge in [0.25, 0.3) is 15.7 Å². The van der Waals surface area contributed by atoms with Crippen LogP contribution >= 0.6 is 0 Å². The summed E-state index contributed by atoms with van der Waals surface area (Å²) in [5.74, 6) is -0.0594. The maximum atomic E-state index is 12.5. The van der Waals surface area contributed by atoms with Crippen molar-refractivity contribution in [2.45, 2.75) is 24.7 Å². The summed E-state index contributed by atoms with van der Waals surface area (Å²) in [6.45, 7) is 2.13. The molecule has 2 aromatic rings. The topological polar surface area (TPSA) is 110 Å². The Labute approximate surface area is 150 Å². The largest absolute Gasteiger partial charge is 0.312 e. The van der Waals surface area contributed by atoms with E-state index in [9.17, 15) is 23.3 Å². The lowest BCUT2D eigenvalue weighted by molar-refractivity contribution is -0.385. The van der Waals surface area contributed by atoms with Gasteiger partial charge in [0.2, 0.25) is 5.91 Å². The van der Waals surface area contributed by atoms with Crippen LogP contribution in [0.5, 0.6) is 0 Å². The number of nitro groups is 1. The first kappa shape index (κ1) is 17.9. The Morgan fingerprint density at radius 2 is 2.00 bits per heavy atom. The van der Waals surface area contributed by atoms with Gasteiger partial charge >= 0.3 is 0 Å². The van der Waals surface area contributed by atoms with Crippen LogP contribution in [0.1, 0.15) is 18.9 Å². The van der Waals surface area contributed by atoms with Gasteiger partial charge < -0.3 is 4.90 Å². The molecule has 8 nitrogen and oxygen atoms in total. The number of benzene rings is 2. The summed E-state index contributed by atoms with van der Waals surface area (Å²) in [5.41, 5.74) is 1.71. The summed E-state index contributed by atoms with van der Waals surface area (Å²) < 4.78 is 27.5. The minimum absolute atomic E-state index is 0.0594. The fourth-order valence-corrected chi connectivity index (χ4v) is 4.05.